The number of carbonyl (C=O) groups is 1. The highest BCUT2D eigenvalue weighted by Crippen LogP contribution is 2.21. The molecule has 128 valence electrons. The third-order valence-corrected chi connectivity index (χ3v) is 3.66. The Bertz CT molecular complexity index is 1010. The summed E-state index contributed by atoms with van der Waals surface area (Å²) in [6.07, 6.45) is 0. The number of hydrogen-bond acceptors (Lipinski definition) is 3. The molecule has 3 aromatic rings. The molecule has 0 saturated carbocycles. The summed E-state index contributed by atoms with van der Waals surface area (Å²) >= 11 is 0. The minimum atomic E-state index is -0.950. The zero-order valence-corrected chi connectivity index (χ0v) is 13.2. The number of ether oxygens (including phenoxy) is 1. The standard InChI is InChI=1S/C18H14F2N2O3/c1-25-9-10-6-17(23)22-16-8-12(3-5-13(10)16)21-18(24)14-4-2-11(19)7-15(14)20/h2-8H,9H2,1H3,(H,21,24)(H,22,23). The van der Waals surface area contributed by atoms with E-state index in [-0.39, 0.29) is 17.7 Å². The topological polar surface area (TPSA) is 71.2 Å². The van der Waals surface area contributed by atoms with Crippen molar-refractivity contribution >= 4 is 22.5 Å². The molecule has 0 atom stereocenters. The summed E-state index contributed by atoms with van der Waals surface area (Å²) in [5.41, 5.74) is 1.02. The number of nitrogens with one attached hydrogen (secondary N) is 2. The minimum Gasteiger partial charge on any atom is -0.380 e. The second-order valence-electron chi connectivity index (χ2n) is 5.43. The largest absolute Gasteiger partial charge is 0.380 e. The Hall–Kier alpha value is -3.06. The van der Waals surface area contributed by atoms with Gasteiger partial charge in [0.05, 0.1) is 17.7 Å². The second-order valence-corrected chi connectivity index (χ2v) is 5.43. The highest BCUT2D eigenvalue weighted by Gasteiger charge is 2.13. The molecular formula is C18H14F2N2O3. The number of aromatic nitrogens is 1. The van der Waals surface area contributed by atoms with Crippen LogP contribution >= 0.6 is 0 Å². The van der Waals surface area contributed by atoms with Gasteiger partial charge >= 0.3 is 0 Å². The number of halogens is 2. The average Bonchev–Trinajstić information content (AvgIpc) is 2.54. The van der Waals surface area contributed by atoms with E-state index in [1.54, 1.807) is 18.2 Å². The smallest absolute Gasteiger partial charge is 0.258 e. The maximum atomic E-state index is 13.7. The van der Waals surface area contributed by atoms with Gasteiger partial charge in [-0.3, -0.25) is 9.59 Å². The molecule has 1 amide bonds. The van der Waals surface area contributed by atoms with Gasteiger partial charge in [-0.05, 0) is 29.8 Å². The Labute approximate surface area is 141 Å². The summed E-state index contributed by atoms with van der Waals surface area (Å²) in [6, 6.07) is 9.07. The number of anilines is 1. The summed E-state index contributed by atoms with van der Waals surface area (Å²) in [4.78, 5) is 26.6. The van der Waals surface area contributed by atoms with E-state index >= 15 is 0 Å². The van der Waals surface area contributed by atoms with Crippen molar-refractivity contribution in [3.63, 3.8) is 0 Å². The first-order valence-electron chi connectivity index (χ1n) is 7.39. The summed E-state index contributed by atoms with van der Waals surface area (Å²) < 4.78 is 31.7. The molecule has 0 saturated heterocycles. The Balaban J connectivity index is 1.94. The molecular weight excluding hydrogens is 330 g/mol. The summed E-state index contributed by atoms with van der Waals surface area (Å²) in [5.74, 6) is -2.43. The van der Waals surface area contributed by atoms with Crippen molar-refractivity contribution in [2.24, 2.45) is 0 Å². The molecule has 3 rings (SSSR count). The van der Waals surface area contributed by atoms with Gasteiger partial charge in [0.15, 0.2) is 0 Å². The number of methoxy groups -OCH3 is 1. The molecule has 1 aromatic heterocycles. The van der Waals surface area contributed by atoms with Crippen LogP contribution in [0.25, 0.3) is 10.9 Å². The first-order valence-corrected chi connectivity index (χ1v) is 7.39. The van der Waals surface area contributed by atoms with Gasteiger partial charge in [-0.2, -0.15) is 0 Å². The molecule has 0 aliphatic carbocycles. The lowest BCUT2D eigenvalue weighted by Crippen LogP contribution is -2.14. The molecule has 2 aromatic carbocycles. The normalized spacial score (nSPS) is 10.8. The fourth-order valence-electron chi connectivity index (χ4n) is 2.56. The van der Waals surface area contributed by atoms with Gasteiger partial charge in [-0.15, -0.1) is 0 Å². The van der Waals surface area contributed by atoms with Gasteiger partial charge < -0.3 is 15.0 Å². The molecule has 0 aliphatic rings. The van der Waals surface area contributed by atoms with E-state index in [9.17, 15) is 18.4 Å². The van der Waals surface area contributed by atoms with Gasteiger partial charge in [-0.1, -0.05) is 6.07 Å². The molecule has 0 unspecified atom stereocenters. The average molecular weight is 344 g/mol. The number of benzene rings is 2. The van der Waals surface area contributed by atoms with E-state index in [2.05, 4.69) is 10.3 Å². The molecule has 1 heterocycles. The van der Waals surface area contributed by atoms with Crippen LogP contribution in [0.5, 0.6) is 0 Å². The number of rotatable bonds is 4. The second kappa shape index (κ2) is 6.82. The molecule has 0 aliphatic heterocycles. The Morgan fingerprint density at radius 3 is 2.68 bits per heavy atom. The lowest BCUT2D eigenvalue weighted by molar-refractivity contribution is 0.102. The summed E-state index contributed by atoms with van der Waals surface area (Å²) in [5, 5.41) is 3.30. The fourth-order valence-corrected chi connectivity index (χ4v) is 2.56. The van der Waals surface area contributed by atoms with Crippen LogP contribution in [0, 0.1) is 11.6 Å². The zero-order valence-electron chi connectivity index (χ0n) is 13.2. The Kier molecular flexibility index (Phi) is 4.58. The molecule has 0 radical (unpaired) electrons. The molecule has 0 spiro atoms. The Morgan fingerprint density at radius 2 is 1.96 bits per heavy atom. The van der Waals surface area contributed by atoms with E-state index in [0.717, 1.165) is 17.5 Å². The van der Waals surface area contributed by atoms with Gasteiger partial charge in [0, 0.05) is 30.3 Å². The summed E-state index contributed by atoms with van der Waals surface area (Å²) in [7, 11) is 1.53. The number of pyridine rings is 1. The first-order chi connectivity index (χ1) is 12.0. The molecule has 2 N–H and O–H groups in total. The molecule has 0 bridgehead atoms. The summed E-state index contributed by atoms with van der Waals surface area (Å²) in [6.45, 7) is 0.271. The van der Waals surface area contributed by atoms with Crippen molar-refractivity contribution < 1.29 is 18.3 Å². The van der Waals surface area contributed by atoms with E-state index in [1.165, 1.54) is 13.2 Å². The van der Waals surface area contributed by atoms with Crippen molar-refractivity contribution in [1.29, 1.82) is 0 Å². The van der Waals surface area contributed by atoms with Gasteiger partial charge in [0.25, 0.3) is 5.91 Å². The molecule has 5 nitrogen and oxygen atoms in total. The van der Waals surface area contributed by atoms with E-state index in [0.29, 0.717) is 22.8 Å². The van der Waals surface area contributed by atoms with Gasteiger partial charge in [-0.25, -0.2) is 8.78 Å². The van der Waals surface area contributed by atoms with Crippen LogP contribution in [0.4, 0.5) is 14.5 Å². The van der Waals surface area contributed by atoms with E-state index < -0.39 is 17.5 Å². The minimum absolute atomic E-state index is 0.271. The first kappa shape index (κ1) is 16.8. The third kappa shape index (κ3) is 3.56. The van der Waals surface area contributed by atoms with Crippen LogP contribution in [0.3, 0.4) is 0 Å². The third-order valence-electron chi connectivity index (χ3n) is 3.66. The van der Waals surface area contributed by atoms with Crippen LogP contribution in [-0.2, 0) is 11.3 Å². The monoisotopic (exact) mass is 344 g/mol. The number of amides is 1. The zero-order chi connectivity index (χ0) is 18.0. The lowest BCUT2D eigenvalue weighted by Gasteiger charge is -2.09. The van der Waals surface area contributed by atoms with Crippen molar-refractivity contribution in [2.75, 3.05) is 12.4 Å². The lowest BCUT2D eigenvalue weighted by atomic mass is 10.1. The predicted molar refractivity (Wildman–Crippen MR) is 89.6 cm³/mol. The van der Waals surface area contributed by atoms with Crippen molar-refractivity contribution in [3.8, 4) is 0 Å². The highest BCUT2D eigenvalue weighted by molar-refractivity contribution is 6.05. The van der Waals surface area contributed by atoms with Crippen LogP contribution < -0.4 is 10.9 Å². The van der Waals surface area contributed by atoms with Crippen molar-refractivity contribution in [3.05, 3.63) is 75.6 Å². The molecule has 7 heteroatoms. The quantitative estimate of drug-likeness (QED) is 0.763. The number of carbonyl (C=O) groups excluding carboxylic acids is 1. The fraction of sp³-hybridized carbons (Fsp3) is 0.111. The number of fused-ring (bicyclic) bond motifs is 1. The van der Waals surface area contributed by atoms with Crippen LogP contribution in [0.1, 0.15) is 15.9 Å². The van der Waals surface area contributed by atoms with Crippen molar-refractivity contribution in [2.45, 2.75) is 6.61 Å². The van der Waals surface area contributed by atoms with Gasteiger partial charge in [0.1, 0.15) is 11.6 Å². The number of aromatic amines is 1. The SMILES string of the molecule is COCc1cc(=O)[nH]c2cc(NC(=O)c3ccc(F)cc3F)ccc12. The van der Waals surface area contributed by atoms with E-state index in [4.69, 9.17) is 4.74 Å². The number of hydrogen-bond donors (Lipinski definition) is 2. The highest BCUT2D eigenvalue weighted by atomic mass is 19.1. The molecule has 0 fully saturated rings. The predicted octanol–water partition coefficient (Wildman–Crippen LogP) is 3.21. The Morgan fingerprint density at radius 1 is 1.16 bits per heavy atom. The van der Waals surface area contributed by atoms with Crippen LogP contribution in [0.2, 0.25) is 0 Å². The van der Waals surface area contributed by atoms with Crippen molar-refractivity contribution in [1.82, 2.24) is 4.98 Å². The van der Waals surface area contributed by atoms with E-state index in [1.807, 2.05) is 0 Å². The maximum absolute atomic E-state index is 13.7. The molecule has 25 heavy (non-hydrogen) atoms. The maximum Gasteiger partial charge on any atom is 0.258 e. The van der Waals surface area contributed by atoms with Crippen LogP contribution in [-0.4, -0.2) is 18.0 Å². The van der Waals surface area contributed by atoms with Gasteiger partial charge in [0.2, 0.25) is 5.56 Å². The van der Waals surface area contributed by atoms with Crippen LogP contribution in [0.15, 0.2) is 47.3 Å². The number of H-pyrrole nitrogens is 1.